The Balaban J connectivity index is 1.75. The van der Waals surface area contributed by atoms with E-state index in [-0.39, 0.29) is 12.5 Å². The molecule has 136 valence electrons. The molecular weight excluding hydrogens is 447 g/mol. The third-order valence-electron chi connectivity index (χ3n) is 3.37. The van der Waals surface area contributed by atoms with Crippen LogP contribution in [0.2, 0.25) is 0 Å². The van der Waals surface area contributed by atoms with E-state index in [0.29, 0.717) is 11.3 Å². The minimum atomic E-state index is -0.680. The number of carbonyl (C=O) groups is 3. The Bertz CT molecular complexity index is 799. The number of benzene rings is 2. The van der Waals surface area contributed by atoms with E-state index in [1.165, 1.54) is 0 Å². The Morgan fingerprint density at radius 1 is 1.00 bits per heavy atom. The van der Waals surface area contributed by atoms with Crippen LogP contribution >= 0.6 is 22.6 Å². The quantitative estimate of drug-likeness (QED) is 0.507. The van der Waals surface area contributed by atoms with Gasteiger partial charge in [0.2, 0.25) is 0 Å². The van der Waals surface area contributed by atoms with Crippen LogP contribution in [-0.4, -0.2) is 30.9 Å². The summed E-state index contributed by atoms with van der Waals surface area (Å²) in [6.07, 6.45) is 0. The summed E-state index contributed by atoms with van der Waals surface area (Å²) < 4.78 is 5.91. The maximum Gasteiger partial charge on any atom is 0.325 e. The van der Waals surface area contributed by atoms with Crippen LogP contribution in [0.1, 0.15) is 21.5 Å². The Labute approximate surface area is 165 Å². The second-order valence-electron chi connectivity index (χ2n) is 5.77. The van der Waals surface area contributed by atoms with E-state index in [1.54, 1.807) is 24.3 Å². The van der Waals surface area contributed by atoms with Crippen molar-refractivity contribution < 1.29 is 19.1 Å². The number of carbonyl (C=O) groups excluding carboxylic acids is 3. The minimum Gasteiger partial charge on any atom is -0.454 e. The first-order valence-corrected chi connectivity index (χ1v) is 8.99. The zero-order valence-corrected chi connectivity index (χ0v) is 16.6. The topological polar surface area (TPSA) is 84.5 Å². The van der Waals surface area contributed by atoms with Gasteiger partial charge in [-0.1, -0.05) is 17.2 Å². The molecule has 0 aromatic heterocycles. The van der Waals surface area contributed by atoms with Gasteiger partial charge in [-0.3, -0.25) is 14.4 Å². The molecule has 0 saturated carbocycles. The lowest BCUT2D eigenvalue weighted by Gasteiger charge is -2.08. The van der Waals surface area contributed by atoms with Crippen molar-refractivity contribution >= 4 is 46.1 Å². The predicted molar refractivity (Wildman–Crippen MR) is 107 cm³/mol. The van der Waals surface area contributed by atoms with Crippen LogP contribution in [-0.2, 0) is 14.3 Å². The van der Waals surface area contributed by atoms with E-state index in [0.717, 1.165) is 14.7 Å². The number of aryl methyl sites for hydroxylation is 2. The van der Waals surface area contributed by atoms with Crippen molar-refractivity contribution in [3.8, 4) is 0 Å². The number of nitrogens with one attached hydrogen (secondary N) is 2. The van der Waals surface area contributed by atoms with Gasteiger partial charge in [-0.25, -0.2) is 0 Å². The molecule has 0 radical (unpaired) electrons. The first kappa shape index (κ1) is 19.9. The van der Waals surface area contributed by atoms with Gasteiger partial charge in [0.25, 0.3) is 11.8 Å². The molecule has 0 saturated heterocycles. The minimum absolute atomic E-state index is 0.303. The van der Waals surface area contributed by atoms with Gasteiger partial charge in [0.15, 0.2) is 6.61 Å². The maximum atomic E-state index is 12.1. The highest BCUT2D eigenvalue weighted by Crippen LogP contribution is 2.11. The number of esters is 1. The zero-order valence-electron chi connectivity index (χ0n) is 14.5. The van der Waals surface area contributed by atoms with Crippen LogP contribution in [0.3, 0.4) is 0 Å². The first-order chi connectivity index (χ1) is 12.3. The highest BCUT2D eigenvalue weighted by molar-refractivity contribution is 14.1. The lowest BCUT2D eigenvalue weighted by molar-refractivity contribution is -0.146. The number of amides is 2. The lowest BCUT2D eigenvalue weighted by Crippen LogP contribution is -2.32. The molecule has 2 amide bonds. The molecule has 0 aliphatic carbocycles. The van der Waals surface area contributed by atoms with E-state index >= 15 is 0 Å². The lowest BCUT2D eigenvalue weighted by atomic mass is 10.1. The summed E-state index contributed by atoms with van der Waals surface area (Å²) in [5.41, 5.74) is 3.02. The number of ether oxygens (including phenoxy) is 1. The average Bonchev–Trinajstić information content (AvgIpc) is 2.59. The monoisotopic (exact) mass is 466 g/mol. The fourth-order valence-corrected chi connectivity index (χ4v) is 2.65. The summed E-state index contributed by atoms with van der Waals surface area (Å²) in [5, 5.41) is 5.11. The van der Waals surface area contributed by atoms with Crippen LogP contribution in [0, 0.1) is 17.4 Å². The van der Waals surface area contributed by atoms with E-state index < -0.39 is 18.5 Å². The molecule has 0 spiro atoms. The number of hydrogen-bond acceptors (Lipinski definition) is 4. The molecule has 2 aromatic carbocycles. The van der Waals surface area contributed by atoms with E-state index in [1.807, 2.05) is 32.0 Å². The molecule has 0 unspecified atom stereocenters. The highest BCUT2D eigenvalue weighted by Gasteiger charge is 2.11. The molecule has 2 aromatic rings. The van der Waals surface area contributed by atoms with E-state index in [2.05, 4.69) is 33.2 Å². The Morgan fingerprint density at radius 3 is 2.23 bits per heavy atom. The van der Waals surface area contributed by atoms with Gasteiger partial charge < -0.3 is 15.4 Å². The molecule has 0 atom stereocenters. The molecule has 0 heterocycles. The summed E-state index contributed by atoms with van der Waals surface area (Å²) in [5.74, 6) is -1.49. The van der Waals surface area contributed by atoms with Gasteiger partial charge in [0.05, 0.1) is 0 Å². The van der Waals surface area contributed by atoms with Gasteiger partial charge in [-0.2, -0.15) is 0 Å². The summed E-state index contributed by atoms with van der Waals surface area (Å²) in [7, 11) is 0. The third-order valence-corrected chi connectivity index (χ3v) is 4.09. The van der Waals surface area contributed by atoms with Crippen molar-refractivity contribution in [2.75, 3.05) is 18.5 Å². The normalized spacial score (nSPS) is 10.1. The second kappa shape index (κ2) is 9.33. The fourth-order valence-electron chi connectivity index (χ4n) is 2.29. The fraction of sp³-hybridized carbons (Fsp3) is 0.211. The van der Waals surface area contributed by atoms with Crippen LogP contribution in [0.15, 0.2) is 42.5 Å². The molecule has 2 N–H and O–H groups in total. The first-order valence-electron chi connectivity index (χ1n) is 7.91. The standard InChI is InChI=1S/C19H19IN2O4/c1-12-7-13(2)9-14(8-12)19(25)21-10-18(24)26-11-17(23)22-16-5-3-15(20)4-6-16/h3-9H,10-11H2,1-2H3,(H,21,25)(H,22,23). The zero-order chi connectivity index (χ0) is 19.1. The third kappa shape index (κ3) is 6.47. The van der Waals surface area contributed by atoms with Gasteiger partial charge in [-0.15, -0.1) is 0 Å². The summed E-state index contributed by atoms with van der Waals surface area (Å²) in [4.78, 5) is 35.5. The highest BCUT2D eigenvalue weighted by atomic mass is 127. The Hall–Kier alpha value is -2.42. The molecule has 0 fully saturated rings. The smallest absolute Gasteiger partial charge is 0.325 e. The second-order valence-corrected chi connectivity index (χ2v) is 7.02. The SMILES string of the molecule is Cc1cc(C)cc(C(=O)NCC(=O)OCC(=O)Nc2ccc(I)cc2)c1. The van der Waals surface area contributed by atoms with Gasteiger partial charge >= 0.3 is 5.97 Å². The molecule has 0 aliphatic heterocycles. The largest absolute Gasteiger partial charge is 0.454 e. The van der Waals surface area contributed by atoms with Crippen molar-refractivity contribution in [3.63, 3.8) is 0 Å². The Kier molecular flexibility index (Phi) is 7.14. The van der Waals surface area contributed by atoms with Crippen molar-refractivity contribution in [1.29, 1.82) is 0 Å². The van der Waals surface area contributed by atoms with Crippen LogP contribution in [0.4, 0.5) is 5.69 Å². The van der Waals surface area contributed by atoms with Crippen LogP contribution < -0.4 is 10.6 Å². The summed E-state index contributed by atoms with van der Waals surface area (Å²) in [6, 6.07) is 12.6. The Morgan fingerprint density at radius 2 is 1.62 bits per heavy atom. The maximum absolute atomic E-state index is 12.1. The number of halogens is 1. The van der Waals surface area contributed by atoms with Crippen molar-refractivity contribution in [1.82, 2.24) is 5.32 Å². The molecule has 7 heteroatoms. The van der Waals surface area contributed by atoms with Crippen molar-refractivity contribution in [2.45, 2.75) is 13.8 Å². The summed E-state index contributed by atoms with van der Waals surface area (Å²) in [6.45, 7) is 3.07. The van der Waals surface area contributed by atoms with E-state index in [4.69, 9.17) is 4.74 Å². The molecule has 26 heavy (non-hydrogen) atoms. The van der Waals surface area contributed by atoms with Gasteiger partial charge in [0.1, 0.15) is 6.54 Å². The molecule has 2 rings (SSSR count). The van der Waals surface area contributed by atoms with Crippen LogP contribution in [0.25, 0.3) is 0 Å². The number of anilines is 1. The van der Waals surface area contributed by atoms with Gasteiger partial charge in [0, 0.05) is 14.8 Å². The van der Waals surface area contributed by atoms with Gasteiger partial charge in [-0.05, 0) is 72.8 Å². The molecule has 0 bridgehead atoms. The summed E-state index contributed by atoms with van der Waals surface area (Å²) >= 11 is 2.16. The van der Waals surface area contributed by atoms with E-state index in [9.17, 15) is 14.4 Å². The number of rotatable bonds is 6. The predicted octanol–water partition coefficient (Wildman–Crippen LogP) is 2.82. The molecule has 6 nitrogen and oxygen atoms in total. The van der Waals surface area contributed by atoms with Crippen LogP contribution in [0.5, 0.6) is 0 Å². The average molecular weight is 466 g/mol. The number of hydrogen-bond donors (Lipinski definition) is 2. The van der Waals surface area contributed by atoms with Crippen molar-refractivity contribution in [2.24, 2.45) is 0 Å². The molecular formula is C19H19IN2O4. The molecule has 0 aliphatic rings. The van der Waals surface area contributed by atoms with Crippen molar-refractivity contribution in [3.05, 3.63) is 62.7 Å².